The van der Waals surface area contributed by atoms with E-state index < -0.39 is 24.3 Å². The third kappa shape index (κ3) is 9.26. The van der Waals surface area contributed by atoms with Crippen LogP contribution < -0.4 is 25.9 Å². The third-order valence-electron chi connectivity index (χ3n) is 5.29. The van der Waals surface area contributed by atoms with Crippen molar-refractivity contribution in [3.05, 3.63) is 59.7 Å². The van der Waals surface area contributed by atoms with Gasteiger partial charge in [0.15, 0.2) is 5.96 Å². The van der Waals surface area contributed by atoms with Gasteiger partial charge in [0.05, 0.1) is 20.6 Å². The van der Waals surface area contributed by atoms with Crippen LogP contribution in [0.15, 0.2) is 48.5 Å². The number of hydrazine groups is 1. The van der Waals surface area contributed by atoms with Crippen LogP contribution >= 0.6 is 0 Å². The van der Waals surface area contributed by atoms with E-state index >= 15 is 0 Å². The van der Waals surface area contributed by atoms with Crippen molar-refractivity contribution in [2.45, 2.75) is 38.3 Å². The van der Waals surface area contributed by atoms with Gasteiger partial charge in [0.2, 0.25) is 5.91 Å². The van der Waals surface area contributed by atoms with Crippen LogP contribution in [0.5, 0.6) is 11.5 Å². The van der Waals surface area contributed by atoms with E-state index in [4.69, 9.17) is 20.6 Å². The fourth-order valence-corrected chi connectivity index (χ4v) is 3.54. The van der Waals surface area contributed by atoms with Gasteiger partial charge in [0, 0.05) is 25.6 Å². The zero-order chi connectivity index (χ0) is 26.5. The summed E-state index contributed by atoms with van der Waals surface area (Å²) < 4.78 is 10.5. The van der Waals surface area contributed by atoms with Crippen molar-refractivity contribution in [2.75, 3.05) is 20.8 Å². The van der Waals surface area contributed by atoms with Gasteiger partial charge in [0.25, 0.3) is 0 Å². The highest BCUT2D eigenvalue weighted by atomic mass is 16.5. The minimum absolute atomic E-state index is 0.0633. The van der Waals surface area contributed by atoms with E-state index in [2.05, 4.69) is 10.7 Å². The van der Waals surface area contributed by atoms with Crippen molar-refractivity contribution in [2.24, 2.45) is 5.73 Å². The van der Waals surface area contributed by atoms with Gasteiger partial charge in [-0.05, 0) is 36.1 Å². The molecule has 1 atom stereocenters. The number of carboxylic acids is 1. The second-order valence-corrected chi connectivity index (χ2v) is 8.03. The maximum atomic E-state index is 13.2. The van der Waals surface area contributed by atoms with Crippen molar-refractivity contribution in [3.63, 3.8) is 0 Å². The number of carboxylic acid groups (broad SMARTS) is 1. The average molecular weight is 500 g/mol. The van der Waals surface area contributed by atoms with Gasteiger partial charge in [-0.15, -0.1) is 0 Å². The lowest BCUT2D eigenvalue weighted by atomic mass is 10.1. The first kappa shape index (κ1) is 28.1. The van der Waals surface area contributed by atoms with Gasteiger partial charge < -0.3 is 25.6 Å². The number of carbonyl (C=O) groups is 3. The van der Waals surface area contributed by atoms with E-state index in [0.29, 0.717) is 23.5 Å². The van der Waals surface area contributed by atoms with Crippen molar-refractivity contribution < 1.29 is 29.0 Å². The Hall–Kier alpha value is -4.12. The summed E-state index contributed by atoms with van der Waals surface area (Å²) in [6.07, 6.45) is 0.00217. The Bertz CT molecular complexity index is 1020. The lowest BCUT2D eigenvalue weighted by molar-refractivity contribution is -0.155. The molecule has 0 bridgehead atoms. The standard InChI is InChI=1S/C25H33N5O6/c1-35-20-12-18(13-21(15-20)36-2)16-29-30(22(24(33)34)9-6-10-28-25(26)27)23(32)14-19(31)11-17-7-4-3-5-8-17/h3-5,7-8,12-13,15,22,29H,6,9-11,14,16H2,1-2H3,(H,33,34)(H4,26,27,28)/t22-/m0/s1. The van der Waals surface area contributed by atoms with Crippen LogP contribution in [-0.4, -0.2) is 60.5 Å². The van der Waals surface area contributed by atoms with Crippen LogP contribution in [0.25, 0.3) is 0 Å². The third-order valence-corrected chi connectivity index (χ3v) is 5.29. The molecule has 0 unspecified atom stereocenters. The number of benzene rings is 2. The maximum Gasteiger partial charge on any atom is 0.328 e. The number of guanidine groups is 1. The molecule has 0 saturated heterocycles. The molecule has 2 rings (SSSR count). The van der Waals surface area contributed by atoms with Crippen molar-refractivity contribution in [3.8, 4) is 11.5 Å². The van der Waals surface area contributed by atoms with Gasteiger partial charge in [0.1, 0.15) is 23.3 Å². The van der Waals surface area contributed by atoms with Crippen molar-refractivity contribution in [1.29, 1.82) is 5.41 Å². The fourth-order valence-electron chi connectivity index (χ4n) is 3.54. The molecule has 1 amide bonds. The van der Waals surface area contributed by atoms with Gasteiger partial charge in [-0.25, -0.2) is 10.2 Å². The zero-order valence-electron chi connectivity index (χ0n) is 20.5. The van der Waals surface area contributed by atoms with Crippen LogP contribution in [0.2, 0.25) is 0 Å². The molecule has 11 heteroatoms. The van der Waals surface area contributed by atoms with Crippen molar-refractivity contribution in [1.82, 2.24) is 15.8 Å². The van der Waals surface area contributed by atoms with E-state index in [9.17, 15) is 19.5 Å². The largest absolute Gasteiger partial charge is 0.497 e. The van der Waals surface area contributed by atoms with Crippen LogP contribution in [0.3, 0.4) is 0 Å². The summed E-state index contributed by atoms with van der Waals surface area (Å²) in [6.45, 7) is 0.350. The second kappa shape index (κ2) is 14.3. The number of rotatable bonds is 15. The number of amides is 1. The van der Waals surface area contributed by atoms with Crippen LogP contribution in [0.4, 0.5) is 0 Å². The fraction of sp³-hybridized carbons (Fsp3) is 0.360. The summed E-state index contributed by atoms with van der Waals surface area (Å²) in [4.78, 5) is 37.9. The Balaban J connectivity index is 2.19. The molecule has 0 spiro atoms. The van der Waals surface area contributed by atoms with Crippen LogP contribution in [0.1, 0.15) is 30.4 Å². The number of aliphatic carboxylic acids is 1. The number of nitrogens with two attached hydrogens (primary N) is 1. The Morgan fingerprint density at radius 1 is 1.06 bits per heavy atom. The molecule has 0 radical (unpaired) electrons. The Kier molecular flexibility index (Phi) is 11.2. The highest BCUT2D eigenvalue weighted by molar-refractivity contribution is 5.99. The summed E-state index contributed by atoms with van der Waals surface area (Å²) in [6, 6.07) is 12.9. The molecule has 0 fully saturated rings. The summed E-state index contributed by atoms with van der Waals surface area (Å²) in [5, 5.41) is 20.7. The highest BCUT2D eigenvalue weighted by Gasteiger charge is 2.30. The predicted octanol–water partition coefficient (Wildman–Crippen LogP) is 1.46. The molecule has 36 heavy (non-hydrogen) atoms. The van der Waals surface area contributed by atoms with Crippen molar-refractivity contribution >= 4 is 23.6 Å². The molecular formula is C25H33N5O6. The normalized spacial score (nSPS) is 11.3. The number of ketones is 1. The maximum absolute atomic E-state index is 13.2. The summed E-state index contributed by atoms with van der Waals surface area (Å²) >= 11 is 0. The van der Waals surface area contributed by atoms with E-state index in [1.165, 1.54) is 14.2 Å². The molecule has 0 saturated carbocycles. The molecule has 2 aromatic rings. The van der Waals surface area contributed by atoms with E-state index in [-0.39, 0.29) is 37.7 Å². The Labute approximate surface area is 210 Å². The molecule has 0 aliphatic heterocycles. The van der Waals surface area contributed by atoms with Gasteiger partial charge in [-0.2, -0.15) is 0 Å². The number of Topliss-reactive ketones (excluding diaryl/α,β-unsaturated/α-hetero) is 1. The smallest absolute Gasteiger partial charge is 0.328 e. The first-order valence-corrected chi connectivity index (χ1v) is 11.4. The number of carbonyl (C=O) groups excluding carboxylic acids is 2. The van der Waals surface area contributed by atoms with Crippen LogP contribution in [0, 0.1) is 5.41 Å². The Morgan fingerprint density at radius 3 is 2.25 bits per heavy atom. The molecule has 0 aliphatic carbocycles. The lowest BCUT2D eigenvalue weighted by Crippen LogP contribution is -2.53. The van der Waals surface area contributed by atoms with E-state index in [1.807, 2.05) is 6.07 Å². The van der Waals surface area contributed by atoms with Crippen LogP contribution in [-0.2, 0) is 27.3 Å². The number of hydrogen-bond acceptors (Lipinski definition) is 7. The SMILES string of the molecule is COc1cc(CNN(C(=O)CC(=O)Cc2ccccc2)[C@@H](CCCNC(=N)N)C(=O)O)cc(OC)c1. The monoisotopic (exact) mass is 499 g/mol. The topological polar surface area (TPSA) is 167 Å². The van der Waals surface area contributed by atoms with E-state index in [1.54, 1.807) is 42.5 Å². The quantitative estimate of drug-likeness (QED) is 0.0801. The first-order valence-electron chi connectivity index (χ1n) is 11.4. The lowest BCUT2D eigenvalue weighted by Gasteiger charge is -2.30. The molecule has 0 aliphatic rings. The number of nitrogens with one attached hydrogen (secondary N) is 3. The molecule has 11 nitrogen and oxygen atoms in total. The van der Waals surface area contributed by atoms with Gasteiger partial charge in [-0.1, -0.05) is 30.3 Å². The van der Waals surface area contributed by atoms with Gasteiger partial charge >= 0.3 is 5.97 Å². The summed E-state index contributed by atoms with van der Waals surface area (Å²) in [5.74, 6) is -1.37. The number of methoxy groups -OCH3 is 2. The zero-order valence-corrected chi connectivity index (χ0v) is 20.5. The molecule has 0 heterocycles. The molecular weight excluding hydrogens is 466 g/mol. The molecule has 6 N–H and O–H groups in total. The minimum Gasteiger partial charge on any atom is -0.497 e. The molecule has 0 aromatic heterocycles. The molecule has 2 aromatic carbocycles. The minimum atomic E-state index is -1.25. The van der Waals surface area contributed by atoms with E-state index in [0.717, 1.165) is 10.6 Å². The molecule has 194 valence electrons. The predicted molar refractivity (Wildman–Crippen MR) is 134 cm³/mol. The summed E-state index contributed by atoms with van der Waals surface area (Å²) in [5.41, 5.74) is 9.62. The first-order chi connectivity index (χ1) is 17.2. The number of ether oxygens (including phenoxy) is 2. The Morgan fingerprint density at radius 2 is 1.69 bits per heavy atom. The second-order valence-electron chi connectivity index (χ2n) is 8.03. The average Bonchev–Trinajstić information content (AvgIpc) is 2.85. The number of nitrogens with zero attached hydrogens (tertiary/aromatic N) is 1. The highest BCUT2D eigenvalue weighted by Crippen LogP contribution is 2.22. The number of hydrogen-bond donors (Lipinski definition) is 5. The van der Waals surface area contributed by atoms with Gasteiger partial charge in [-0.3, -0.25) is 20.0 Å². The summed E-state index contributed by atoms with van der Waals surface area (Å²) in [7, 11) is 3.02.